The molecule has 11 nitrogen and oxygen atoms in total. The number of nitrogens with one attached hydrogen (secondary N) is 2. The molecule has 2 N–H and O–H groups in total. The van der Waals surface area contributed by atoms with Crippen LogP contribution in [-0.4, -0.2) is 59.5 Å². The minimum Gasteiger partial charge on any atom is -0.492 e. The van der Waals surface area contributed by atoms with Gasteiger partial charge < -0.3 is 18.9 Å². The van der Waals surface area contributed by atoms with Crippen LogP contribution in [0.25, 0.3) is 21.8 Å². The van der Waals surface area contributed by atoms with E-state index in [-0.39, 0.29) is 28.5 Å². The van der Waals surface area contributed by atoms with Crippen molar-refractivity contribution >= 4 is 39.7 Å². The number of halogens is 3. The molecule has 0 fully saturated rings. The summed E-state index contributed by atoms with van der Waals surface area (Å²) in [7, 11) is 2.70. The molecule has 194 valence electrons. The Balaban J connectivity index is 1.64. The number of aryl methyl sites for hydroxylation is 1. The molecule has 0 radical (unpaired) electrons. The molecule has 0 spiro atoms. The fourth-order valence-electron chi connectivity index (χ4n) is 3.44. The molecule has 2 aromatic carbocycles. The number of aromatic amines is 1. The van der Waals surface area contributed by atoms with E-state index in [0.29, 0.717) is 30.2 Å². The van der Waals surface area contributed by atoms with Gasteiger partial charge in [-0.25, -0.2) is 19.7 Å². The molecule has 4 aromatic rings. The van der Waals surface area contributed by atoms with Crippen LogP contribution in [-0.2, 0) is 9.53 Å². The first-order chi connectivity index (χ1) is 17.6. The number of methoxy groups -OCH3 is 2. The van der Waals surface area contributed by atoms with Gasteiger partial charge in [-0.2, -0.15) is 13.2 Å². The number of ether oxygens (including phenoxy) is 4. The second-order valence-corrected chi connectivity index (χ2v) is 7.57. The Morgan fingerprint density at radius 3 is 2.51 bits per heavy atom. The highest BCUT2D eigenvalue weighted by Crippen LogP contribution is 2.34. The molecular weight excluding hydrogens is 499 g/mol. The van der Waals surface area contributed by atoms with Gasteiger partial charge in [0.15, 0.2) is 11.5 Å². The van der Waals surface area contributed by atoms with Crippen LogP contribution < -0.4 is 25.1 Å². The number of esters is 1. The Labute approximate surface area is 206 Å². The molecule has 0 aliphatic carbocycles. The van der Waals surface area contributed by atoms with Gasteiger partial charge in [0.1, 0.15) is 17.7 Å². The van der Waals surface area contributed by atoms with Crippen molar-refractivity contribution in [2.75, 3.05) is 32.8 Å². The zero-order valence-electron chi connectivity index (χ0n) is 19.7. The lowest BCUT2D eigenvalue weighted by atomic mass is 10.2. The Hall–Kier alpha value is -4.46. The maximum absolute atomic E-state index is 12.8. The first-order valence-corrected chi connectivity index (χ1v) is 10.7. The first-order valence-electron chi connectivity index (χ1n) is 10.7. The molecule has 4 rings (SSSR count). The number of benzene rings is 2. The average molecular weight is 519 g/mol. The summed E-state index contributed by atoms with van der Waals surface area (Å²) in [4.78, 5) is 39.6. The second-order valence-electron chi connectivity index (χ2n) is 7.57. The molecule has 0 saturated heterocycles. The van der Waals surface area contributed by atoms with E-state index in [0.717, 1.165) is 18.6 Å². The van der Waals surface area contributed by atoms with E-state index in [1.54, 1.807) is 32.2 Å². The van der Waals surface area contributed by atoms with E-state index in [9.17, 15) is 22.8 Å². The quantitative estimate of drug-likeness (QED) is 0.202. The summed E-state index contributed by atoms with van der Waals surface area (Å²) < 4.78 is 57.8. The van der Waals surface area contributed by atoms with Crippen molar-refractivity contribution in [1.82, 2.24) is 19.9 Å². The number of fused-ring (bicyclic) bond motifs is 2. The number of alkyl halides is 3. The Kier molecular flexibility index (Phi) is 7.11. The number of nitrogens with zero attached hydrogens (tertiary/aromatic N) is 3. The lowest BCUT2D eigenvalue weighted by Crippen LogP contribution is -2.28. The lowest BCUT2D eigenvalue weighted by Gasteiger charge is -2.13. The van der Waals surface area contributed by atoms with Crippen LogP contribution in [0.15, 0.2) is 35.1 Å². The molecule has 2 aromatic heterocycles. The summed E-state index contributed by atoms with van der Waals surface area (Å²) in [5.41, 5.74) is 0.538. The summed E-state index contributed by atoms with van der Waals surface area (Å²) in [5, 5.41) is 3.36. The Bertz CT molecular complexity index is 1540. The number of hydrogen-bond donors (Lipinski definition) is 2. The maximum atomic E-state index is 12.8. The molecule has 14 heteroatoms. The molecular formula is C23H20F3N5O6. The number of H-pyrrole nitrogens is 1. The summed E-state index contributed by atoms with van der Waals surface area (Å²) in [6.45, 7) is 2.61. The summed E-state index contributed by atoms with van der Waals surface area (Å²) in [5.74, 6) is -2.67. The summed E-state index contributed by atoms with van der Waals surface area (Å²) in [6, 6.07) is 7.57. The van der Waals surface area contributed by atoms with Gasteiger partial charge >= 0.3 is 12.1 Å². The van der Waals surface area contributed by atoms with Gasteiger partial charge in [-0.15, -0.1) is 0 Å². The van der Waals surface area contributed by atoms with Crippen LogP contribution >= 0.6 is 0 Å². The zero-order valence-corrected chi connectivity index (χ0v) is 19.7. The number of aromatic nitrogens is 4. The monoisotopic (exact) mass is 519 g/mol. The van der Waals surface area contributed by atoms with Crippen molar-refractivity contribution in [1.29, 1.82) is 0 Å². The van der Waals surface area contributed by atoms with E-state index in [1.165, 1.54) is 6.07 Å². The Morgan fingerprint density at radius 1 is 1.05 bits per heavy atom. The molecule has 0 unspecified atom stereocenters. The fraction of sp³-hybridized carbons (Fsp3) is 0.261. The number of carbonyl (C=O) groups excluding carboxylic acids is 1. The molecule has 0 aliphatic heterocycles. The van der Waals surface area contributed by atoms with Gasteiger partial charge in [-0.05, 0) is 37.3 Å². The smallest absolute Gasteiger partial charge is 0.491 e. The summed E-state index contributed by atoms with van der Waals surface area (Å²) in [6.07, 6.45) is -5.23. The highest BCUT2D eigenvalue weighted by atomic mass is 19.4. The molecule has 0 aliphatic rings. The van der Waals surface area contributed by atoms with Crippen molar-refractivity contribution in [3.63, 3.8) is 0 Å². The average Bonchev–Trinajstić information content (AvgIpc) is 2.84. The van der Waals surface area contributed by atoms with Crippen molar-refractivity contribution in [2.45, 2.75) is 13.1 Å². The largest absolute Gasteiger partial charge is 0.492 e. The van der Waals surface area contributed by atoms with Gasteiger partial charge in [-0.1, -0.05) is 0 Å². The molecule has 37 heavy (non-hydrogen) atoms. The predicted octanol–water partition coefficient (Wildman–Crippen LogP) is 3.42. The third kappa shape index (κ3) is 5.53. The topological polar surface area (TPSA) is 138 Å². The lowest BCUT2D eigenvalue weighted by molar-refractivity contribution is -0.189. The van der Waals surface area contributed by atoms with Gasteiger partial charge in [0.05, 0.1) is 30.4 Å². The molecule has 2 heterocycles. The number of carbonyl (C=O) groups is 1. The van der Waals surface area contributed by atoms with Gasteiger partial charge in [0.25, 0.3) is 5.56 Å². The standard InChI is InChI=1S/C23H20F3N5O6/c1-11-13-10-12(36-9-8-34-2)4-5-14(13)28-21(27-11)31-22-29-15-6-7-16(37-20(33)23(24,25)26)18(35-3)17(15)19(32)30-22/h4-7,10H,8-9H2,1-3H3,(H2,27,28,29,30,31,32). The van der Waals surface area contributed by atoms with Crippen LogP contribution in [0.1, 0.15) is 5.69 Å². The molecule has 0 atom stereocenters. The van der Waals surface area contributed by atoms with Crippen LogP contribution in [0.5, 0.6) is 17.2 Å². The highest BCUT2D eigenvalue weighted by molar-refractivity contribution is 5.90. The fourth-order valence-corrected chi connectivity index (χ4v) is 3.44. The second kappa shape index (κ2) is 10.3. The SMILES string of the molecule is COCCOc1ccc2nc(Nc3nc4ccc(OC(=O)C(F)(F)F)c(OC)c4c(=O)[nH]3)nc(C)c2c1. The van der Waals surface area contributed by atoms with E-state index < -0.39 is 23.5 Å². The number of rotatable bonds is 8. The van der Waals surface area contributed by atoms with Gasteiger partial charge in [0, 0.05) is 12.5 Å². The van der Waals surface area contributed by atoms with Crippen LogP contribution in [0.3, 0.4) is 0 Å². The molecule has 0 bridgehead atoms. The van der Waals surface area contributed by atoms with E-state index in [2.05, 4.69) is 30.0 Å². The maximum Gasteiger partial charge on any atom is 0.491 e. The summed E-state index contributed by atoms with van der Waals surface area (Å²) >= 11 is 0. The third-order valence-electron chi connectivity index (χ3n) is 5.07. The van der Waals surface area contributed by atoms with Crippen molar-refractivity contribution in [2.24, 2.45) is 0 Å². The van der Waals surface area contributed by atoms with E-state index in [4.69, 9.17) is 14.2 Å². The molecule has 0 amide bonds. The van der Waals surface area contributed by atoms with Gasteiger partial charge in [-0.3, -0.25) is 15.1 Å². The first kappa shape index (κ1) is 25.6. The van der Waals surface area contributed by atoms with Gasteiger partial charge in [0.2, 0.25) is 11.9 Å². The third-order valence-corrected chi connectivity index (χ3v) is 5.07. The molecule has 0 saturated carbocycles. The predicted molar refractivity (Wildman–Crippen MR) is 126 cm³/mol. The number of hydrogen-bond acceptors (Lipinski definition) is 10. The highest BCUT2D eigenvalue weighted by Gasteiger charge is 2.42. The van der Waals surface area contributed by atoms with Crippen LogP contribution in [0.2, 0.25) is 0 Å². The minimum atomic E-state index is -5.23. The number of anilines is 2. The van der Waals surface area contributed by atoms with Crippen molar-refractivity contribution in [3.05, 3.63) is 46.4 Å². The van der Waals surface area contributed by atoms with Crippen LogP contribution in [0.4, 0.5) is 25.1 Å². The van der Waals surface area contributed by atoms with E-state index >= 15 is 0 Å². The normalized spacial score (nSPS) is 11.5. The zero-order chi connectivity index (χ0) is 26.7. The minimum absolute atomic E-state index is 0.0298. The van der Waals surface area contributed by atoms with Crippen LogP contribution in [0, 0.1) is 6.92 Å². The van der Waals surface area contributed by atoms with E-state index in [1.807, 2.05) is 0 Å². The Morgan fingerprint density at radius 2 is 1.81 bits per heavy atom. The van der Waals surface area contributed by atoms with Crippen molar-refractivity contribution < 1.29 is 36.9 Å². The van der Waals surface area contributed by atoms with Crippen molar-refractivity contribution in [3.8, 4) is 17.2 Å².